The number of hydrogen-bond donors (Lipinski definition) is 2. The van der Waals surface area contributed by atoms with Gasteiger partial charge in [0.15, 0.2) is 0 Å². The summed E-state index contributed by atoms with van der Waals surface area (Å²) < 4.78 is 45.6. The minimum absolute atomic E-state index is 0.0304. The Bertz CT molecular complexity index is 934. The van der Waals surface area contributed by atoms with Crippen molar-refractivity contribution in [2.24, 2.45) is 0 Å². The maximum absolute atomic E-state index is 13.4. The van der Waals surface area contributed by atoms with Crippen molar-refractivity contribution in [3.63, 3.8) is 0 Å². The Morgan fingerprint density at radius 3 is 2.62 bits per heavy atom. The van der Waals surface area contributed by atoms with E-state index in [1.165, 1.54) is 20.1 Å². The number of carbonyl (C=O) groups is 1. The van der Waals surface area contributed by atoms with E-state index in [0.29, 0.717) is 16.3 Å². The molecule has 6 nitrogen and oxygen atoms in total. The lowest BCUT2D eigenvalue weighted by Gasteiger charge is -2.17. The second kappa shape index (κ2) is 8.03. The van der Waals surface area contributed by atoms with Crippen molar-refractivity contribution < 1.29 is 22.3 Å². The molecule has 0 radical (unpaired) electrons. The molecule has 0 heterocycles. The molecular weight excluding hydrogens is 383 g/mol. The summed E-state index contributed by atoms with van der Waals surface area (Å²) in [6.07, 6.45) is 0. The third-order valence-corrected chi connectivity index (χ3v) is 5.64. The fraction of sp³-hybridized carbons (Fsp3) is 0.235. The van der Waals surface area contributed by atoms with Crippen LogP contribution in [-0.4, -0.2) is 27.5 Å². The Morgan fingerprint density at radius 1 is 1.27 bits per heavy atom. The first-order valence-corrected chi connectivity index (χ1v) is 9.43. The van der Waals surface area contributed by atoms with Gasteiger partial charge >= 0.3 is 0 Å². The number of hydrogen-bond acceptors (Lipinski definition) is 4. The molecule has 1 unspecified atom stereocenters. The summed E-state index contributed by atoms with van der Waals surface area (Å²) in [6.45, 7) is 3.10. The molecular formula is C17H18ClFN2O4S. The molecule has 0 fully saturated rings. The van der Waals surface area contributed by atoms with Gasteiger partial charge in [-0.1, -0.05) is 17.7 Å². The zero-order valence-electron chi connectivity index (χ0n) is 14.3. The van der Waals surface area contributed by atoms with Crippen LogP contribution >= 0.6 is 11.6 Å². The smallest absolute Gasteiger partial charge is 0.245 e. The molecule has 2 aromatic rings. The quantitative estimate of drug-likeness (QED) is 0.780. The van der Waals surface area contributed by atoms with Crippen molar-refractivity contribution in [3.05, 3.63) is 52.8 Å². The molecule has 26 heavy (non-hydrogen) atoms. The highest BCUT2D eigenvalue weighted by molar-refractivity contribution is 7.89. The van der Waals surface area contributed by atoms with E-state index in [0.717, 1.165) is 12.1 Å². The third-order valence-electron chi connectivity index (χ3n) is 3.67. The molecule has 0 saturated carbocycles. The molecule has 2 aromatic carbocycles. The molecule has 0 aliphatic rings. The fourth-order valence-corrected chi connectivity index (χ4v) is 3.75. The number of benzene rings is 2. The summed E-state index contributed by atoms with van der Waals surface area (Å²) in [7, 11) is -2.91. The summed E-state index contributed by atoms with van der Waals surface area (Å²) in [4.78, 5) is 11.9. The molecule has 1 atom stereocenters. The standard InChI is InChI=1S/C17H18ClFN2O4S/c1-10-13(18)5-4-6-14(10)20-17(22)11(2)21-26(23,24)16-9-12(19)7-8-15(16)25-3/h4-9,11,21H,1-3H3,(H,20,22). The van der Waals surface area contributed by atoms with Gasteiger partial charge in [0.1, 0.15) is 16.5 Å². The Labute approximate surface area is 156 Å². The van der Waals surface area contributed by atoms with Gasteiger partial charge in [0.2, 0.25) is 15.9 Å². The zero-order chi connectivity index (χ0) is 19.5. The van der Waals surface area contributed by atoms with E-state index in [-0.39, 0.29) is 5.75 Å². The number of anilines is 1. The van der Waals surface area contributed by atoms with Gasteiger partial charge in [0, 0.05) is 10.7 Å². The van der Waals surface area contributed by atoms with E-state index < -0.39 is 32.7 Å². The number of amides is 1. The highest BCUT2D eigenvalue weighted by atomic mass is 35.5. The lowest BCUT2D eigenvalue weighted by atomic mass is 10.2. The third kappa shape index (κ3) is 4.51. The molecule has 1 amide bonds. The van der Waals surface area contributed by atoms with Crippen LogP contribution in [0, 0.1) is 12.7 Å². The van der Waals surface area contributed by atoms with Crippen LogP contribution in [0.25, 0.3) is 0 Å². The average molecular weight is 401 g/mol. The van der Waals surface area contributed by atoms with Crippen LogP contribution in [0.15, 0.2) is 41.3 Å². The fourth-order valence-electron chi connectivity index (χ4n) is 2.19. The molecule has 0 spiro atoms. The first-order chi connectivity index (χ1) is 12.2. The van der Waals surface area contributed by atoms with Crippen LogP contribution in [0.4, 0.5) is 10.1 Å². The number of halogens is 2. The predicted molar refractivity (Wildman–Crippen MR) is 97.6 cm³/mol. The maximum Gasteiger partial charge on any atom is 0.245 e. The molecule has 2 N–H and O–H groups in total. The van der Waals surface area contributed by atoms with Crippen molar-refractivity contribution in [1.29, 1.82) is 0 Å². The number of rotatable bonds is 6. The van der Waals surface area contributed by atoms with Gasteiger partial charge in [0.05, 0.1) is 13.2 Å². The van der Waals surface area contributed by atoms with Gasteiger partial charge in [-0.3, -0.25) is 4.79 Å². The van der Waals surface area contributed by atoms with E-state index >= 15 is 0 Å². The van der Waals surface area contributed by atoms with Crippen LogP contribution in [0.2, 0.25) is 5.02 Å². The van der Waals surface area contributed by atoms with Gasteiger partial charge in [-0.25, -0.2) is 12.8 Å². The number of carbonyl (C=O) groups excluding carboxylic acids is 1. The largest absolute Gasteiger partial charge is 0.495 e. The van der Waals surface area contributed by atoms with Crippen LogP contribution in [0.5, 0.6) is 5.75 Å². The molecule has 0 aliphatic heterocycles. The summed E-state index contributed by atoms with van der Waals surface area (Å²) >= 11 is 6.00. The van der Waals surface area contributed by atoms with E-state index in [2.05, 4.69) is 10.0 Å². The summed E-state index contributed by atoms with van der Waals surface area (Å²) in [5.74, 6) is -1.36. The molecule has 0 aliphatic carbocycles. The lowest BCUT2D eigenvalue weighted by Crippen LogP contribution is -2.41. The van der Waals surface area contributed by atoms with Crippen LogP contribution in [0.1, 0.15) is 12.5 Å². The molecule has 0 bridgehead atoms. The van der Waals surface area contributed by atoms with E-state index in [9.17, 15) is 17.6 Å². The molecule has 140 valence electrons. The van der Waals surface area contributed by atoms with Gasteiger partial charge < -0.3 is 10.1 Å². The van der Waals surface area contributed by atoms with Crippen LogP contribution < -0.4 is 14.8 Å². The molecule has 0 aromatic heterocycles. The highest BCUT2D eigenvalue weighted by Gasteiger charge is 2.26. The first kappa shape index (κ1) is 20.2. The summed E-state index contributed by atoms with van der Waals surface area (Å²) in [5, 5.41) is 3.08. The SMILES string of the molecule is COc1ccc(F)cc1S(=O)(=O)NC(C)C(=O)Nc1cccc(Cl)c1C. The molecule has 9 heteroatoms. The minimum atomic E-state index is -4.18. The molecule has 2 rings (SSSR count). The second-order valence-electron chi connectivity index (χ2n) is 5.54. The van der Waals surface area contributed by atoms with Crippen molar-refractivity contribution in [1.82, 2.24) is 4.72 Å². The van der Waals surface area contributed by atoms with Crippen molar-refractivity contribution in [2.75, 3.05) is 12.4 Å². The molecule has 0 saturated heterocycles. The van der Waals surface area contributed by atoms with Crippen molar-refractivity contribution in [2.45, 2.75) is 24.8 Å². The monoisotopic (exact) mass is 400 g/mol. The Morgan fingerprint density at radius 2 is 1.96 bits per heavy atom. The number of nitrogens with one attached hydrogen (secondary N) is 2. The van der Waals surface area contributed by atoms with Crippen LogP contribution in [-0.2, 0) is 14.8 Å². The maximum atomic E-state index is 13.4. The van der Waals surface area contributed by atoms with Gasteiger partial charge in [-0.05, 0) is 49.7 Å². The number of ether oxygens (including phenoxy) is 1. The van der Waals surface area contributed by atoms with E-state index in [1.807, 2.05) is 0 Å². The van der Waals surface area contributed by atoms with Gasteiger partial charge in [-0.2, -0.15) is 4.72 Å². The lowest BCUT2D eigenvalue weighted by molar-refractivity contribution is -0.117. The Balaban J connectivity index is 2.20. The predicted octanol–water partition coefficient (Wildman–Crippen LogP) is 3.10. The van der Waals surface area contributed by atoms with Crippen molar-refractivity contribution in [3.8, 4) is 5.75 Å². The number of methoxy groups -OCH3 is 1. The normalized spacial score (nSPS) is 12.5. The van der Waals surface area contributed by atoms with E-state index in [1.54, 1.807) is 25.1 Å². The Hall–Kier alpha value is -2.16. The van der Waals surface area contributed by atoms with E-state index in [4.69, 9.17) is 16.3 Å². The highest BCUT2D eigenvalue weighted by Crippen LogP contribution is 2.25. The van der Waals surface area contributed by atoms with Gasteiger partial charge in [0.25, 0.3) is 0 Å². The minimum Gasteiger partial charge on any atom is -0.495 e. The topological polar surface area (TPSA) is 84.5 Å². The average Bonchev–Trinajstić information content (AvgIpc) is 2.58. The summed E-state index contributed by atoms with van der Waals surface area (Å²) in [6, 6.07) is 6.97. The van der Waals surface area contributed by atoms with Crippen LogP contribution in [0.3, 0.4) is 0 Å². The van der Waals surface area contributed by atoms with Crippen molar-refractivity contribution >= 4 is 33.2 Å². The summed E-state index contributed by atoms with van der Waals surface area (Å²) in [5.41, 5.74) is 1.13. The Kier molecular flexibility index (Phi) is 6.22. The first-order valence-electron chi connectivity index (χ1n) is 7.57. The number of sulfonamides is 1. The second-order valence-corrected chi connectivity index (χ2v) is 7.63. The zero-order valence-corrected chi connectivity index (χ0v) is 15.9. The van der Waals surface area contributed by atoms with Gasteiger partial charge in [-0.15, -0.1) is 0 Å².